The lowest BCUT2D eigenvalue weighted by atomic mass is 10.1. The minimum atomic E-state index is 0.202. The molecule has 1 amide bonds. The first-order chi connectivity index (χ1) is 6.72. The van der Waals surface area contributed by atoms with E-state index in [9.17, 15) is 4.79 Å². The van der Waals surface area contributed by atoms with Crippen molar-refractivity contribution in [2.24, 2.45) is 5.92 Å². The van der Waals surface area contributed by atoms with Crippen LogP contribution in [0, 0.1) is 5.92 Å². The maximum absolute atomic E-state index is 11.4. The molecule has 3 nitrogen and oxygen atoms in total. The molecule has 3 heteroatoms. The van der Waals surface area contributed by atoms with Crippen LogP contribution in [0.5, 0.6) is 0 Å². The summed E-state index contributed by atoms with van der Waals surface area (Å²) in [4.78, 5) is 11.4. The van der Waals surface area contributed by atoms with Crippen molar-refractivity contribution in [3.8, 4) is 0 Å². The van der Waals surface area contributed by atoms with Gasteiger partial charge in [0.25, 0.3) is 0 Å². The number of rotatable bonds is 7. The summed E-state index contributed by atoms with van der Waals surface area (Å²) in [7, 11) is 1.91. The zero-order valence-corrected chi connectivity index (χ0v) is 9.31. The van der Waals surface area contributed by atoms with Gasteiger partial charge >= 0.3 is 0 Å². The van der Waals surface area contributed by atoms with Crippen LogP contribution in [0.1, 0.15) is 39.0 Å². The van der Waals surface area contributed by atoms with Crippen LogP contribution < -0.4 is 10.6 Å². The average Bonchev–Trinajstić information content (AvgIpc) is 2.88. The van der Waals surface area contributed by atoms with E-state index in [1.807, 2.05) is 7.05 Å². The van der Waals surface area contributed by atoms with Crippen LogP contribution in [0.4, 0.5) is 0 Å². The third-order valence-corrected chi connectivity index (χ3v) is 2.62. The molecular formula is C11H22N2O. The zero-order chi connectivity index (χ0) is 10.4. The molecule has 82 valence electrons. The summed E-state index contributed by atoms with van der Waals surface area (Å²) >= 11 is 0. The van der Waals surface area contributed by atoms with Gasteiger partial charge in [0, 0.05) is 12.5 Å². The molecule has 0 saturated heterocycles. The molecule has 1 aliphatic carbocycles. The lowest BCUT2D eigenvalue weighted by Crippen LogP contribution is -2.33. The number of hydrogen-bond acceptors (Lipinski definition) is 2. The molecule has 0 aromatic carbocycles. The quantitative estimate of drug-likeness (QED) is 0.605. The molecule has 2 N–H and O–H groups in total. The Kier molecular flexibility index (Phi) is 4.94. The van der Waals surface area contributed by atoms with Crippen molar-refractivity contribution in [2.45, 2.75) is 45.1 Å². The minimum Gasteiger partial charge on any atom is -0.354 e. The van der Waals surface area contributed by atoms with Crippen molar-refractivity contribution in [3.63, 3.8) is 0 Å². The van der Waals surface area contributed by atoms with E-state index in [2.05, 4.69) is 17.6 Å². The van der Waals surface area contributed by atoms with Gasteiger partial charge in [-0.15, -0.1) is 0 Å². The van der Waals surface area contributed by atoms with Gasteiger partial charge in [-0.25, -0.2) is 0 Å². The maximum atomic E-state index is 11.4. The van der Waals surface area contributed by atoms with Gasteiger partial charge in [0.1, 0.15) is 0 Å². The molecule has 0 aromatic rings. The Hall–Kier alpha value is -0.570. The van der Waals surface area contributed by atoms with Gasteiger partial charge in [0.2, 0.25) is 5.91 Å². The molecule has 0 spiro atoms. The highest BCUT2D eigenvalue weighted by molar-refractivity contribution is 5.76. The van der Waals surface area contributed by atoms with E-state index in [0.29, 0.717) is 12.5 Å². The van der Waals surface area contributed by atoms with Crippen LogP contribution in [0.15, 0.2) is 0 Å². The third-order valence-electron chi connectivity index (χ3n) is 2.62. The standard InChI is InChI=1S/C11H22N2O/c1-9(8-10-5-6-10)13-11(14)4-3-7-12-2/h9-10,12H,3-8H2,1-2H3,(H,13,14). The van der Waals surface area contributed by atoms with Crippen LogP contribution in [-0.2, 0) is 4.79 Å². The fraction of sp³-hybridized carbons (Fsp3) is 0.909. The predicted octanol–water partition coefficient (Wildman–Crippen LogP) is 1.29. The first-order valence-corrected chi connectivity index (χ1v) is 5.66. The summed E-state index contributed by atoms with van der Waals surface area (Å²) in [6.07, 6.45) is 5.46. The van der Waals surface area contributed by atoms with Crippen molar-refractivity contribution in [1.82, 2.24) is 10.6 Å². The molecule has 0 aromatic heterocycles. The van der Waals surface area contributed by atoms with Crippen LogP contribution in [-0.4, -0.2) is 25.5 Å². The van der Waals surface area contributed by atoms with Crippen molar-refractivity contribution in [1.29, 1.82) is 0 Å². The van der Waals surface area contributed by atoms with E-state index in [1.165, 1.54) is 12.8 Å². The predicted molar refractivity (Wildman–Crippen MR) is 58.1 cm³/mol. The second-order valence-electron chi connectivity index (χ2n) is 4.35. The molecule has 0 bridgehead atoms. The molecule has 1 saturated carbocycles. The molecule has 0 aliphatic heterocycles. The van der Waals surface area contributed by atoms with Gasteiger partial charge in [-0.2, -0.15) is 0 Å². The van der Waals surface area contributed by atoms with Crippen molar-refractivity contribution >= 4 is 5.91 Å². The van der Waals surface area contributed by atoms with Crippen LogP contribution in [0.3, 0.4) is 0 Å². The first-order valence-electron chi connectivity index (χ1n) is 5.66. The number of amides is 1. The molecule has 1 aliphatic rings. The molecule has 1 rings (SSSR count). The smallest absolute Gasteiger partial charge is 0.220 e. The molecule has 14 heavy (non-hydrogen) atoms. The summed E-state index contributed by atoms with van der Waals surface area (Å²) in [6.45, 7) is 3.03. The number of hydrogen-bond donors (Lipinski definition) is 2. The highest BCUT2D eigenvalue weighted by atomic mass is 16.1. The number of carbonyl (C=O) groups excluding carboxylic acids is 1. The van der Waals surface area contributed by atoms with Crippen molar-refractivity contribution in [2.75, 3.05) is 13.6 Å². The third kappa shape index (κ3) is 5.22. The zero-order valence-electron chi connectivity index (χ0n) is 9.31. The highest BCUT2D eigenvalue weighted by Gasteiger charge is 2.23. The van der Waals surface area contributed by atoms with Gasteiger partial charge in [-0.1, -0.05) is 12.8 Å². The maximum Gasteiger partial charge on any atom is 0.220 e. The fourth-order valence-electron chi connectivity index (χ4n) is 1.69. The van der Waals surface area contributed by atoms with Crippen LogP contribution in [0.2, 0.25) is 0 Å². The summed E-state index contributed by atoms with van der Waals surface area (Å²) < 4.78 is 0. The van der Waals surface area contributed by atoms with E-state index in [1.54, 1.807) is 0 Å². The summed E-state index contributed by atoms with van der Waals surface area (Å²) in [5.74, 6) is 1.09. The minimum absolute atomic E-state index is 0.202. The molecule has 0 radical (unpaired) electrons. The molecular weight excluding hydrogens is 176 g/mol. The topological polar surface area (TPSA) is 41.1 Å². The van der Waals surface area contributed by atoms with E-state index < -0.39 is 0 Å². The lowest BCUT2D eigenvalue weighted by Gasteiger charge is -2.13. The molecule has 0 heterocycles. The van der Waals surface area contributed by atoms with Crippen LogP contribution in [0.25, 0.3) is 0 Å². The van der Waals surface area contributed by atoms with Gasteiger partial charge in [-0.05, 0) is 39.3 Å². The molecule has 1 atom stereocenters. The van der Waals surface area contributed by atoms with E-state index in [0.717, 1.165) is 25.3 Å². The summed E-state index contributed by atoms with van der Waals surface area (Å²) in [5.41, 5.74) is 0. The van der Waals surface area contributed by atoms with Crippen molar-refractivity contribution < 1.29 is 4.79 Å². The summed E-state index contributed by atoms with van der Waals surface area (Å²) in [5, 5.41) is 6.08. The Morgan fingerprint density at radius 2 is 2.21 bits per heavy atom. The van der Waals surface area contributed by atoms with Crippen LogP contribution >= 0.6 is 0 Å². The largest absolute Gasteiger partial charge is 0.354 e. The first kappa shape index (κ1) is 11.5. The SMILES string of the molecule is CNCCCC(=O)NC(C)CC1CC1. The Morgan fingerprint density at radius 3 is 2.79 bits per heavy atom. The normalized spacial score (nSPS) is 17.9. The second kappa shape index (κ2) is 6.02. The monoisotopic (exact) mass is 198 g/mol. The second-order valence-corrected chi connectivity index (χ2v) is 4.35. The van der Waals surface area contributed by atoms with Gasteiger partial charge < -0.3 is 10.6 Å². The van der Waals surface area contributed by atoms with Crippen molar-refractivity contribution in [3.05, 3.63) is 0 Å². The van der Waals surface area contributed by atoms with Gasteiger partial charge in [0.15, 0.2) is 0 Å². The summed E-state index contributed by atoms with van der Waals surface area (Å²) in [6, 6.07) is 0.365. The van der Waals surface area contributed by atoms with E-state index in [4.69, 9.17) is 0 Å². The van der Waals surface area contributed by atoms with E-state index in [-0.39, 0.29) is 5.91 Å². The van der Waals surface area contributed by atoms with E-state index >= 15 is 0 Å². The Labute approximate surface area is 86.6 Å². The Bertz CT molecular complexity index is 178. The number of nitrogens with one attached hydrogen (secondary N) is 2. The van der Waals surface area contributed by atoms with Gasteiger partial charge in [0.05, 0.1) is 0 Å². The van der Waals surface area contributed by atoms with Gasteiger partial charge in [-0.3, -0.25) is 4.79 Å². The molecule has 1 unspecified atom stereocenters. The number of carbonyl (C=O) groups is 1. The average molecular weight is 198 g/mol. The lowest BCUT2D eigenvalue weighted by molar-refractivity contribution is -0.121. The Balaban J connectivity index is 1.99. The highest BCUT2D eigenvalue weighted by Crippen LogP contribution is 2.33. The Morgan fingerprint density at radius 1 is 1.50 bits per heavy atom. The fourth-order valence-corrected chi connectivity index (χ4v) is 1.69. The molecule has 1 fully saturated rings.